The molecule has 2 rings (SSSR count). The molecule has 0 aromatic heterocycles. The molecule has 1 saturated carbocycles. The number of rotatable bonds is 12. The van der Waals surface area contributed by atoms with Gasteiger partial charge in [-0.2, -0.15) is 0 Å². The largest absolute Gasteiger partial charge is 0.370 e. The van der Waals surface area contributed by atoms with Gasteiger partial charge in [0.25, 0.3) is 0 Å². The quantitative estimate of drug-likeness (QED) is 0.193. The van der Waals surface area contributed by atoms with Crippen molar-refractivity contribution >= 4 is 17.8 Å². The van der Waals surface area contributed by atoms with Crippen molar-refractivity contribution in [2.45, 2.75) is 76.4 Å². The third-order valence-electron chi connectivity index (χ3n) is 5.62. The summed E-state index contributed by atoms with van der Waals surface area (Å²) in [5, 5.41) is 9.28. The van der Waals surface area contributed by atoms with Crippen LogP contribution >= 0.6 is 0 Å². The number of hydrogen-bond donors (Lipinski definition) is 5. The molecule has 8 heteroatoms. The van der Waals surface area contributed by atoms with Crippen LogP contribution in [0.5, 0.6) is 0 Å². The van der Waals surface area contributed by atoms with Gasteiger partial charge in [0.05, 0.1) is 6.04 Å². The van der Waals surface area contributed by atoms with Crippen LogP contribution in [0.25, 0.3) is 0 Å². The number of carbonyl (C=O) groups is 2. The zero-order valence-corrected chi connectivity index (χ0v) is 18.6. The maximum atomic E-state index is 12.8. The molecule has 2 amide bonds. The second-order valence-corrected chi connectivity index (χ2v) is 8.26. The fraction of sp³-hybridized carbons (Fsp3) is 0.609. The minimum Gasteiger partial charge on any atom is -0.370 e. The lowest BCUT2D eigenvalue weighted by molar-refractivity contribution is -0.130. The number of nitrogens with one attached hydrogen (secondary N) is 3. The Morgan fingerprint density at radius 1 is 1.10 bits per heavy atom. The van der Waals surface area contributed by atoms with Crippen LogP contribution in [-0.2, 0) is 16.0 Å². The summed E-state index contributed by atoms with van der Waals surface area (Å²) < 4.78 is 0. The van der Waals surface area contributed by atoms with Crippen LogP contribution in [0, 0.1) is 0 Å². The first kappa shape index (κ1) is 24.7. The van der Waals surface area contributed by atoms with Gasteiger partial charge >= 0.3 is 0 Å². The summed E-state index contributed by atoms with van der Waals surface area (Å²) in [4.78, 5) is 29.5. The van der Waals surface area contributed by atoms with Crippen LogP contribution in [0.2, 0.25) is 0 Å². The molecule has 1 aromatic rings. The molecule has 0 spiro atoms. The molecule has 0 saturated heterocycles. The van der Waals surface area contributed by atoms with E-state index < -0.39 is 6.04 Å². The van der Waals surface area contributed by atoms with Crippen molar-refractivity contribution < 1.29 is 9.59 Å². The molecule has 2 atom stereocenters. The third kappa shape index (κ3) is 9.83. The van der Waals surface area contributed by atoms with Gasteiger partial charge in [0.1, 0.15) is 6.04 Å². The van der Waals surface area contributed by atoms with Gasteiger partial charge in [-0.15, -0.1) is 0 Å². The van der Waals surface area contributed by atoms with Gasteiger partial charge in [0.15, 0.2) is 5.96 Å². The Morgan fingerprint density at radius 2 is 1.81 bits per heavy atom. The molecule has 0 aliphatic heterocycles. The second kappa shape index (κ2) is 13.6. The fourth-order valence-electron chi connectivity index (χ4n) is 3.87. The molecule has 0 unspecified atom stereocenters. The van der Waals surface area contributed by atoms with Crippen LogP contribution in [-0.4, -0.2) is 49.0 Å². The van der Waals surface area contributed by atoms with Crippen molar-refractivity contribution in [3.63, 3.8) is 0 Å². The molecule has 0 radical (unpaired) electrons. The maximum Gasteiger partial charge on any atom is 0.242 e. The van der Waals surface area contributed by atoms with E-state index in [-0.39, 0.29) is 23.8 Å². The molecule has 1 fully saturated rings. The van der Waals surface area contributed by atoms with E-state index in [4.69, 9.17) is 11.5 Å². The SMILES string of the molecule is C[C@H](NC1CCCCC1)C(=O)N[C@@H](CCCN=C(N)N)C(=O)NCCc1ccccc1. The highest BCUT2D eigenvalue weighted by Gasteiger charge is 2.25. The lowest BCUT2D eigenvalue weighted by atomic mass is 9.95. The number of benzene rings is 1. The number of nitrogens with zero attached hydrogens (tertiary/aromatic N) is 1. The van der Waals surface area contributed by atoms with Crippen molar-refractivity contribution in [2.24, 2.45) is 16.5 Å². The van der Waals surface area contributed by atoms with E-state index in [2.05, 4.69) is 20.9 Å². The molecule has 8 nitrogen and oxygen atoms in total. The van der Waals surface area contributed by atoms with Gasteiger partial charge in [0, 0.05) is 19.1 Å². The highest BCUT2D eigenvalue weighted by molar-refractivity contribution is 5.89. The smallest absolute Gasteiger partial charge is 0.242 e. The number of hydrogen-bond acceptors (Lipinski definition) is 4. The zero-order valence-electron chi connectivity index (χ0n) is 18.6. The molecule has 1 aromatic carbocycles. The van der Waals surface area contributed by atoms with Crippen molar-refractivity contribution in [1.82, 2.24) is 16.0 Å². The van der Waals surface area contributed by atoms with Crippen molar-refractivity contribution in [1.29, 1.82) is 0 Å². The van der Waals surface area contributed by atoms with Gasteiger partial charge in [-0.05, 0) is 44.6 Å². The molecule has 0 heterocycles. The summed E-state index contributed by atoms with van der Waals surface area (Å²) in [6.45, 7) is 2.79. The number of amides is 2. The fourth-order valence-corrected chi connectivity index (χ4v) is 3.87. The number of guanidine groups is 1. The van der Waals surface area contributed by atoms with Crippen LogP contribution in [0.3, 0.4) is 0 Å². The minimum atomic E-state index is -0.618. The Labute approximate surface area is 185 Å². The van der Waals surface area contributed by atoms with Gasteiger partial charge in [-0.3, -0.25) is 14.6 Å². The molecule has 172 valence electrons. The van der Waals surface area contributed by atoms with Crippen molar-refractivity contribution in [2.75, 3.05) is 13.1 Å². The van der Waals surface area contributed by atoms with Gasteiger partial charge < -0.3 is 27.4 Å². The van der Waals surface area contributed by atoms with E-state index in [0.717, 1.165) is 24.8 Å². The van der Waals surface area contributed by atoms with E-state index in [1.807, 2.05) is 37.3 Å². The topological polar surface area (TPSA) is 135 Å². The normalized spacial score (nSPS) is 16.2. The minimum absolute atomic E-state index is 0.0261. The van der Waals surface area contributed by atoms with E-state index in [0.29, 0.717) is 32.0 Å². The van der Waals surface area contributed by atoms with Crippen molar-refractivity contribution in [3.8, 4) is 0 Å². The van der Waals surface area contributed by atoms with Crippen LogP contribution < -0.4 is 27.4 Å². The lowest BCUT2D eigenvalue weighted by Crippen LogP contribution is -2.53. The summed E-state index contributed by atoms with van der Waals surface area (Å²) in [6.07, 6.45) is 7.65. The first-order valence-corrected chi connectivity index (χ1v) is 11.4. The summed E-state index contributed by atoms with van der Waals surface area (Å²) in [7, 11) is 0. The predicted molar refractivity (Wildman–Crippen MR) is 124 cm³/mol. The van der Waals surface area contributed by atoms with Crippen LogP contribution in [0.1, 0.15) is 57.4 Å². The monoisotopic (exact) mass is 430 g/mol. The highest BCUT2D eigenvalue weighted by Crippen LogP contribution is 2.17. The van der Waals surface area contributed by atoms with E-state index in [1.54, 1.807) is 0 Å². The maximum absolute atomic E-state index is 12.8. The molecule has 1 aliphatic carbocycles. The summed E-state index contributed by atoms with van der Waals surface area (Å²) in [6, 6.07) is 9.38. The molecule has 7 N–H and O–H groups in total. The Morgan fingerprint density at radius 3 is 2.48 bits per heavy atom. The second-order valence-electron chi connectivity index (χ2n) is 8.26. The van der Waals surface area contributed by atoms with E-state index >= 15 is 0 Å². The van der Waals surface area contributed by atoms with Crippen molar-refractivity contribution in [3.05, 3.63) is 35.9 Å². The summed E-state index contributed by atoms with van der Waals surface area (Å²) in [5.74, 6) is -0.312. The molecule has 1 aliphatic rings. The lowest BCUT2D eigenvalue weighted by Gasteiger charge is -2.27. The Kier molecular flexibility index (Phi) is 10.9. The number of nitrogens with two attached hydrogens (primary N) is 2. The van der Waals surface area contributed by atoms with Crippen LogP contribution in [0.15, 0.2) is 35.3 Å². The Balaban J connectivity index is 1.86. The average Bonchev–Trinajstić information content (AvgIpc) is 2.76. The average molecular weight is 431 g/mol. The first-order valence-electron chi connectivity index (χ1n) is 11.4. The standard InChI is InChI=1S/C23H38N6O2/c1-17(28-19-11-6-3-7-12-19)21(30)29-20(13-8-15-27-23(24)25)22(31)26-16-14-18-9-4-2-5-10-18/h2,4-5,9-10,17,19-20,28H,3,6-8,11-16H2,1H3,(H,26,31)(H,29,30)(H4,24,25,27)/t17-,20-/m0/s1. The third-order valence-corrected chi connectivity index (χ3v) is 5.62. The van der Waals surface area contributed by atoms with Crippen LogP contribution in [0.4, 0.5) is 0 Å². The summed E-state index contributed by atoms with van der Waals surface area (Å²) in [5.41, 5.74) is 11.9. The van der Waals surface area contributed by atoms with E-state index in [1.165, 1.54) is 19.3 Å². The van der Waals surface area contributed by atoms with Gasteiger partial charge in [-0.25, -0.2) is 0 Å². The number of carbonyl (C=O) groups excluding carboxylic acids is 2. The first-order chi connectivity index (χ1) is 15.0. The van der Waals surface area contributed by atoms with Gasteiger partial charge in [0.2, 0.25) is 11.8 Å². The predicted octanol–water partition coefficient (Wildman–Crippen LogP) is 1.19. The highest BCUT2D eigenvalue weighted by atomic mass is 16.2. The molecule has 31 heavy (non-hydrogen) atoms. The molecule has 0 bridgehead atoms. The Hall–Kier alpha value is -2.61. The van der Waals surface area contributed by atoms with E-state index in [9.17, 15) is 9.59 Å². The Bertz CT molecular complexity index is 699. The summed E-state index contributed by atoms with van der Waals surface area (Å²) >= 11 is 0. The molecular formula is C23H38N6O2. The molecular weight excluding hydrogens is 392 g/mol. The zero-order chi connectivity index (χ0) is 22.5. The van der Waals surface area contributed by atoms with Gasteiger partial charge in [-0.1, -0.05) is 49.6 Å². The number of aliphatic imine (C=N–C) groups is 1.